The van der Waals surface area contributed by atoms with Gasteiger partial charge in [0.05, 0.1) is 12.7 Å². The van der Waals surface area contributed by atoms with Crippen molar-refractivity contribution in [3.8, 4) is 5.75 Å². The minimum atomic E-state index is -3.81. The van der Waals surface area contributed by atoms with E-state index in [-0.39, 0.29) is 22.1 Å². The highest BCUT2D eigenvalue weighted by atomic mass is 32.2. The molecule has 1 amide bonds. The predicted octanol–water partition coefficient (Wildman–Crippen LogP) is 0.771. The molecule has 2 rings (SSSR count). The lowest BCUT2D eigenvalue weighted by atomic mass is 10.2. The van der Waals surface area contributed by atoms with Gasteiger partial charge in [0.2, 0.25) is 10.0 Å². The van der Waals surface area contributed by atoms with E-state index >= 15 is 0 Å². The van der Waals surface area contributed by atoms with Crippen LogP contribution in [0.2, 0.25) is 0 Å². The average Bonchev–Trinajstić information content (AvgIpc) is 3.14. The lowest BCUT2D eigenvalue weighted by molar-refractivity contribution is -0.138. The summed E-state index contributed by atoms with van der Waals surface area (Å²) in [5.74, 6) is -0.912. The van der Waals surface area contributed by atoms with E-state index in [0.29, 0.717) is 13.1 Å². The van der Waals surface area contributed by atoms with Crippen LogP contribution in [0.15, 0.2) is 23.1 Å². The quantitative estimate of drug-likeness (QED) is 0.742. The molecular formula is C16H22N2O6S. The SMILES string of the molecule is CNS(=O)(=O)c1cc(C(=O)O[C@@H](C)C(=O)N2CCCC2)ccc1OC. The van der Waals surface area contributed by atoms with Crippen molar-refractivity contribution < 1.29 is 27.5 Å². The summed E-state index contributed by atoms with van der Waals surface area (Å²) in [5, 5.41) is 0. The number of amides is 1. The number of ether oxygens (including phenoxy) is 2. The van der Waals surface area contributed by atoms with Gasteiger partial charge in [-0.1, -0.05) is 0 Å². The fraction of sp³-hybridized carbons (Fsp3) is 0.500. The standard InChI is InChI=1S/C16H22N2O6S/c1-11(15(19)18-8-4-5-9-18)24-16(20)12-6-7-13(23-3)14(10-12)25(21,22)17-2/h6-7,10-11,17H,4-5,8-9H2,1-3H3/t11-/m0/s1. The summed E-state index contributed by atoms with van der Waals surface area (Å²) in [6.45, 7) is 2.83. The maximum Gasteiger partial charge on any atom is 0.338 e. The van der Waals surface area contributed by atoms with E-state index in [0.717, 1.165) is 12.8 Å². The highest BCUT2D eigenvalue weighted by Gasteiger charge is 2.27. The molecule has 1 heterocycles. The van der Waals surface area contributed by atoms with Crippen molar-refractivity contribution in [2.75, 3.05) is 27.2 Å². The molecule has 1 aromatic carbocycles. The van der Waals surface area contributed by atoms with Crippen LogP contribution in [0.25, 0.3) is 0 Å². The van der Waals surface area contributed by atoms with Crippen molar-refractivity contribution in [1.29, 1.82) is 0 Å². The van der Waals surface area contributed by atoms with Gasteiger partial charge in [-0.25, -0.2) is 17.9 Å². The number of carbonyl (C=O) groups excluding carboxylic acids is 2. The van der Waals surface area contributed by atoms with E-state index < -0.39 is 22.1 Å². The number of rotatable bonds is 6. The molecule has 0 saturated carbocycles. The minimum Gasteiger partial charge on any atom is -0.495 e. The zero-order valence-corrected chi connectivity index (χ0v) is 15.3. The molecule has 0 bridgehead atoms. The largest absolute Gasteiger partial charge is 0.495 e. The molecule has 1 saturated heterocycles. The number of hydrogen-bond donors (Lipinski definition) is 1. The van der Waals surface area contributed by atoms with Gasteiger partial charge >= 0.3 is 5.97 Å². The van der Waals surface area contributed by atoms with Crippen LogP contribution in [-0.2, 0) is 19.6 Å². The Kier molecular flexibility index (Phi) is 6.02. The summed E-state index contributed by atoms with van der Waals surface area (Å²) in [4.78, 5) is 26.0. The number of sulfonamides is 1. The van der Waals surface area contributed by atoms with Crippen LogP contribution in [-0.4, -0.2) is 58.5 Å². The van der Waals surface area contributed by atoms with Crippen molar-refractivity contribution in [3.63, 3.8) is 0 Å². The highest BCUT2D eigenvalue weighted by molar-refractivity contribution is 7.89. The molecule has 0 aromatic heterocycles. The van der Waals surface area contributed by atoms with Crippen molar-refractivity contribution in [3.05, 3.63) is 23.8 Å². The summed E-state index contributed by atoms with van der Waals surface area (Å²) in [5.41, 5.74) is 0.0238. The molecule has 0 spiro atoms. The molecule has 0 aliphatic carbocycles. The molecule has 1 aromatic rings. The first-order chi connectivity index (χ1) is 11.8. The number of nitrogens with one attached hydrogen (secondary N) is 1. The Morgan fingerprint density at radius 1 is 1.24 bits per heavy atom. The Morgan fingerprint density at radius 2 is 1.88 bits per heavy atom. The Bertz CT molecular complexity index is 756. The van der Waals surface area contributed by atoms with Crippen LogP contribution in [0.4, 0.5) is 0 Å². The smallest absolute Gasteiger partial charge is 0.338 e. The van der Waals surface area contributed by atoms with Crippen molar-refractivity contribution in [2.24, 2.45) is 0 Å². The number of carbonyl (C=O) groups is 2. The van der Waals surface area contributed by atoms with E-state index in [2.05, 4.69) is 4.72 Å². The van der Waals surface area contributed by atoms with Crippen molar-refractivity contribution >= 4 is 21.9 Å². The minimum absolute atomic E-state index is 0.0238. The number of nitrogens with zero attached hydrogens (tertiary/aromatic N) is 1. The molecule has 8 nitrogen and oxygen atoms in total. The lowest BCUT2D eigenvalue weighted by Gasteiger charge is -2.20. The average molecular weight is 370 g/mol. The van der Waals surface area contributed by atoms with Gasteiger partial charge in [0, 0.05) is 13.1 Å². The molecule has 1 N–H and O–H groups in total. The van der Waals surface area contributed by atoms with Gasteiger partial charge in [-0.05, 0) is 45.0 Å². The topological polar surface area (TPSA) is 102 Å². The predicted molar refractivity (Wildman–Crippen MR) is 89.9 cm³/mol. The number of hydrogen-bond acceptors (Lipinski definition) is 6. The van der Waals surface area contributed by atoms with E-state index in [9.17, 15) is 18.0 Å². The Morgan fingerprint density at radius 3 is 2.44 bits per heavy atom. The normalized spacial score (nSPS) is 15.7. The van der Waals surface area contributed by atoms with E-state index in [1.807, 2.05) is 0 Å². The molecule has 0 unspecified atom stereocenters. The first kappa shape index (κ1) is 19.2. The molecule has 25 heavy (non-hydrogen) atoms. The van der Waals surface area contributed by atoms with E-state index in [1.54, 1.807) is 4.90 Å². The third-order valence-electron chi connectivity index (χ3n) is 4.01. The third kappa shape index (κ3) is 4.29. The van der Waals surface area contributed by atoms with Crippen LogP contribution in [0, 0.1) is 0 Å². The van der Waals surface area contributed by atoms with Gasteiger partial charge in [-0.15, -0.1) is 0 Å². The van der Waals surface area contributed by atoms with E-state index in [4.69, 9.17) is 9.47 Å². The maximum atomic E-state index is 12.3. The molecule has 0 radical (unpaired) electrons. The van der Waals surface area contributed by atoms with Gasteiger partial charge in [0.1, 0.15) is 10.6 Å². The molecule has 1 fully saturated rings. The maximum absolute atomic E-state index is 12.3. The van der Waals surface area contributed by atoms with Gasteiger partial charge in [-0.2, -0.15) is 0 Å². The zero-order chi connectivity index (χ0) is 18.6. The second kappa shape index (κ2) is 7.83. The molecule has 138 valence electrons. The van der Waals surface area contributed by atoms with Crippen LogP contribution in [0.3, 0.4) is 0 Å². The summed E-state index contributed by atoms with van der Waals surface area (Å²) in [6.07, 6.45) is 0.948. The van der Waals surface area contributed by atoms with Gasteiger partial charge < -0.3 is 14.4 Å². The summed E-state index contributed by atoms with van der Waals surface area (Å²) in [6, 6.07) is 3.93. The summed E-state index contributed by atoms with van der Waals surface area (Å²) < 4.78 is 36.5. The summed E-state index contributed by atoms with van der Waals surface area (Å²) >= 11 is 0. The monoisotopic (exact) mass is 370 g/mol. The number of esters is 1. The Hall–Kier alpha value is -2.13. The summed E-state index contributed by atoms with van der Waals surface area (Å²) in [7, 11) is -1.22. The molecule has 1 aliphatic rings. The fourth-order valence-corrected chi connectivity index (χ4v) is 3.52. The van der Waals surface area contributed by atoms with Crippen LogP contribution in [0.1, 0.15) is 30.1 Å². The first-order valence-corrected chi connectivity index (χ1v) is 9.40. The highest BCUT2D eigenvalue weighted by Crippen LogP contribution is 2.25. The van der Waals surface area contributed by atoms with Crippen molar-refractivity contribution in [1.82, 2.24) is 9.62 Å². The van der Waals surface area contributed by atoms with Gasteiger partial charge in [-0.3, -0.25) is 4.79 Å². The van der Waals surface area contributed by atoms with Crippen molar-refractivity contribution in [2.45, 2.75) is 30.8 Å². The number of methoxy groups -OCH3 is 1. The molecule has 9 heteroatoms. The third-order valence-corrected chi connectivity index (χ3v) is 5.44. The Labute approximate surface area is 147 Å². The zero-order valence-electron chi connectivity index (χ0n) is 14.4. The molecular weight excluding hydrogens is 348 g/mol. The second-order valence-electron chi connectivity index (χ2n) is 5.65. The van der Waals surface area contributed by atoms with Crippen LogP contribution >= 0.6 is 0 Å². The van der Waals surface area contributed by atoms with Crippen LogP contribution in [0.5, 0.6) is 5.75 Å². The molecule has 1 atom stereocenters. The first-order valence-electron chi connectivity index (χ1n) is 7.91. The second-order valence-corrected chi connectivity index (χ2v) is 7.51. The van der Waals surface area contributed by atoms with Gasteiger partial charge in [0.15, 0.2) is 6.10 Å². The van der Waals surface area contributed by atoms with Crippen LogP contribution < -0.4 is 9.46 Å². The molecule has 1 aliphatic heterocycles. The lowest BCUT2D eigenvalue weighted by Crippen LogP contribution is -2.38. The number of likely N-dealkylation sites (tertiary alicyclic amines) is 1. The number of benzene rings is 1. The fourth-order valence-electron chi connectivity index (χ4n) is 2.60. The van der Waals surface area contributed by atoms with E-state index in [1.165, 1.54) is 39.3 Å². The van der Waals surface area contributed by atoms with Gasteiger partial charge in [0.25, 0.3) is 5.91 Å². The Balaban J connectivity index is 2.19.